The molecule has 0 aliphatic carbocycles. The van der Waals surface area contributed by atoms with Crippen LogP contribution in [0.3, 0.4) is 0 Å². The number of nitrogens with zero attached hydrogens (tertiary/aromatic N) is 7. The molecule has 0 atom stereocenters. The van der Waals surface area contributed by atoms with Gasteiger partial charge >= 0.3 is 30.5 Å². The van der Waals surface area contributed by atoms with Crippen molar-refractivity contribution >= 4 is 122 Å². The summed E-state index contributed by atoms with van der Waals surface area (Å²) in [6, 6.07) is 57.5. The van der Waals surface area contributed by atoms with Crippen LogP contribution in [0.5, 0.6) is 0 Å². The summed E-state index contributed by atoms with van der Waals surface area (Å²) in [5, 5.41) is 32.6. The molecule has 0 spiro atoms. The van der Waals surface area contributed by atoms with Gasteiger partial charge in [0.25, 0.3) is 64.3 Å². The number of fused-ring (bicyclic) bond motifs is 5. The van der Waals surface area contributed by atoms with E-state index in [1.807, 2.05) is 0 Å². The van der Waals surface area contributed by atoms with E-state index in [1.54, 1.807) is 91.9 Å². The van der Waals surface area contributed by atoms with Gasteiger partial charge in [0.05, 0.1) is 110 Å². The Morgan fingerprint density at radius 1 is 0.272 bits per heavy atom. The van der Waals surface area contributed by atoms with Crippen molar-refractivity contribution in [3.8, 4) is 55.6 Å². The molecule has 6 aliphatic heterocycles. The Balaban J connectivity index is 0.000000150. The van der Waals surface area contributed by atoms with Gasteiger partial charge in [0.1, 0.15) is 0 Å². The molecule has 0 unspecified atom stereocenters. The zero-order valence-corrected chi connectivity index (χ0v) is 70.7. The van der Waals surface area contributed by atoms with Gasteiger partial charge in [-0.3, -0.25) is 68.7 Å². The molecule has 0 bridgehead atoms. The predicted octanol–water partition coefficient (Wildman–Crippen LogP) is 20.4. The predicted molar refractivity (Wildman–Crippen MR) is 480 cm³/mol. The van der Waals surface area contributed by atoms with Crippen LogP contribution in [0.15, 0.2) is 249 Å². The molecule has 6 aliphatic rings. The molecule has 0 radical (unpaired) electrons. The Kier molecular flexibility index (Phi) is 24.8. The van der Waals surface area contributed by atoms with Crippen molar-refractivity contribution in [2.75, 3.05) is 55.7 Å². The number of carbonyl (C=O) groups is 10. The number of aryl methyl sites for hydroxylation is 3. The molecule has 13 aromatic rings. The quantitative estimate of drug-likeness (QED) is 0.0168. The van der Waals surface area contributed by atoms with Crippen molar-refractivity contribution in [1.29, 1.82) is 0 Å². The minimum atomic E-state index is -5.15. The van der Waals surface area contributed by atoms with Crippen LogP contribution in [-0.4, -0.2) is 87.2 Å². The van der Waals surface area contributed by atoms with E-state index in [4.69, 9.17) is 27.7 Å². The second-order valence-corrected chi connectivity index (χ2v) is 31.3. The second-order valence-electron chi connectivity index (χ2n) is 31.3. The Labute approximate surface area is 761 Å². The van der Waals surface area contributed by atoms with E-state index in [9.17, 15) is 118 Å². The number of non-ortho nitro benzene ring substituents is 3. The van der Waals surface area contributed by atoms with Gasteiger partial charge in [0.15, 0.2) is 0 Å². The minimum absolute atomic E-state index is 0.00972. The monoisotopic (exact) mass is 1860 g/mol. The Hall–Kier alpha value is -17.7. The molecule has 0 aromatic heterocycles. The first-order valence-corrected chi connectivity index (χ1v) is 40.6. The molecular weight excluding hydrogens is 1790 g/mol. The maximum absolute atomic E-state index is 14.7. The lowest BCUT2D eigenvalue weighted by Crippen LogP contribution is -2.33. The number of nitro benzene ring substituents is 3. The molecule has 13 aromatic carbocycles. The van der Waals surface area contributed by atoms with Crippen molar-refractivity contribution < 1.29 is 112 Å². The number of cyclic esters (lactones) is 2. The molecule has 136 heavy (non-hydrogen) atoms. The van der Waals surface area contributed by atoms with Crippen molar-refractivity contribution in [2.24, 2.45) is 0 Å². The van der Waals surface area contributed by atoms with E-state index in [2.05, 4.69) is 4.74 Å². The zero-order valence-electron chi connectivity index (χ0n) is 70.7. The van der Waals surface area contributed by atoms with Crippen LogP contribution in [0.25, 0.3) is 55.6 Å². The third-order valence-corrected chi connectivity index (χ3v) is 22.7. The molecule has 19 rings (SSSR count). The van der Waals surface area contributed by atoms with Crippen LogP contribution in [0.4, 0.5) is 102 Å². The topological polar surface area (TPSA) is 436 Å². The molecule has 38 heteroatoms. The lowest BCUT2D eigenvalue weighted by Gasteiger charge is -2.24. The number of nitrogens with two attached hydrogens (primary N) is 4. The highest BCUT2D eigenvalue weighted by molar-refractivity contribution is 6.38. The molecule has 6 heterocycles. The molecule has 29 nitrogen and oxygen atoms in total. The number of imide groups is 4. The molecule has 8 amide bonds. The van der Waals surface area contributed by atoms with Crippen LogP contribution in [0.2, 0.25) is 0 Å². The number of ether oxygens (including phenoxy) is 2. The van der Waals surface area contributed by atoms with Gasteiger partial charge in [-0.15, -0.1) is 0 Å². The number of rotatable bonds is 12. The molecule has 1 fully saturated rings. The van der Waals surface area contributed by atoms with Crippen LogP contribution >= 0.6 is 0 Å². The van der Waals surface area contributed by atoms with E-state index in [0.717, 1.165) is 37.0 Å². The van der Waals surface area contributed by atoms with Crippen LogP contribution in [-0.2, 0) is 28.0 Å². The number of esters is 2. The summed E-state index contributed by atoms with van der Waals surface area (Å²) in [4.78, 5) is 164. The van der Waals surface area contributed by atoms with Crippen LogP contribution < -0.4 is 42.5 Å². The van der Waals surface area contributed by atoms with Gasteiger partial charge in [0, 0.05) is 72.4 Å². The SMILES string of the molecule is C1CCOC1.Cc1cc(N)c(C(F)(F)F)cc1N.Cc1cc(N2C(=O)c3ccc(-c4ccc(N)cc4)cc3C2=O)c(C(F)(F)F)cc1N1C(=O)c2ccc(-c3ccc(N)cc3)cc2C1=O.Cc1cc(N2C(=O)c3ccc(-c4ccc([N+](=O)[O-])cc4)cc3C2=O)c(C(F)(F)F)cc1N1C(=O)c2ccc(-c3ccc([N+](=O)[O-])cc3)cc2C1=O.O=C1OC(=O)c2cc(-c3ccc([N+](=O)[O-])cc3)ccc21. The molecule has 1 saturated heterocycles. The number of nitrogen functional groups attached to an aromatic ring is 4. The van der Waals surface area contributed by atoms with Gasteiger partial charge in [-0.2, -0.15) is 39.5 Å². The lowest BCUT2D eigenvalue weighted by molar-refractivity contribution is -0.385. The third kappa shape index (κ3) is 18.1. The second kappa shape index (κ2) is 36.2. The smallest absolute Gasteiger partial charge is 0.399 e. The standard InChI is InChI=1S/C36H19F3N4O8.C36H23F3N4O4.C14H7NO5.C8H9F3N2.C4H8O/c1-18-14-31(41-33(45)26-13-7-22(16-28(26)35(41)47)20-4-10-24(11-5-20)43(50)51)29(36(37,38)39)17-30(18)40-32(44)25-12-6-21(15-27(25)34(40)46)19-2-8-23(9-3-19)42(48)49;1-18-14-31(43-33(45)26-13-7-22(16-28(26)35(43)47)20-4-10-24(41)11-5-20)29(36(37,38)39)17-30(18)42-32(44)25-12-6-21(15-27(25)34(42)46)19-2-8-23(40)9-3-19;16-13-11-6-3-9(7-12(11)14(17)20-13)8-1-4-10(5-2-8)15(18)19;1-4-2-7(13)5(3-6(4)12)8(9,10)11;1-2-4-5-3-1/h2-17H,1H3;2-17H,40-41H2,1H3;1-7H;2-3H,12-13H2,1H3;1-4H2. The van der Waals surface area contributed by atoms with Gasteiger partial charge in [-0.1, -0.05) is 54.6 Å². The summed E-state index contributed by atoms with van der Waals surface area (Å²) in [5.41, 5.74) is 22.9. The largest absolute Gasteiger partial charge is 0.418 e. The summed E-state index contributed by atoms with van der Waals surface area (Å²) in [6.07, 6.45) is -12.1. The van der Waals surface area contributed by atoms with Crippen molar-refractivity contribution in [3.05, 3.63) is 368 Å². The van der Waals surface area contributed by atoms with Crippen LogP contribution in [0, 0.1) is 51.1 Å². The number of benzene rings is 13. The highest BCUT2D eigenvalue weighted by Crippen LogP contribution is 2.49. The van der Waals surface area contributed by atoms with E-state index >= 15 is 0 Å². The minimum Gasteiger partial charge on any atom is -0.399 e. The Morgan fingerprint density at radius 2 is 0.522 bits per heavy atom. The average molecular weight is 1860 g/mol. The Bertz CT molecular complexity index is 7290. The fourth-order valence-electron chi connectivity index (χ4n) is 15.7. The zero-order chi connectivity index (χ0) is 97.9. The maximum atomic E-state index is 14.7. The van der Waals surface area contributed by atoms with Crippen LogP contribution in [0.1, 0.15) is 150 Å². The summed E-state index contributed by atoms with van der Waals surface area (Å²) < 4.78 is 134. The molecule has 8 N–H and O–H groups in total. The van der Waals surface area contributed by atoms with E-state index in [1.165, 1.54) is 160 Å². The number of alkyl halides is 9. The fourth-order valence-corrected chi connectivity index (χ4v) is 15.7. The van der Waals surface area contributed by atoms with Crippen molar-refractivity contribution in [3.63, 3.8) is 0 Å². The van der Waals surface area contributed by atoms with Gasteiger partial charge in [-0.25, -0.2) is 29.2 Å². The number of hydrogen-bond acceptors (Lipinski definition) is 22. The van der Waals surface area contributed by atoms with E-state index in [0.29, 0.717) is 98.7 Å². The Morgan fingerprint density at radius 3 is 0.794 bits per heavy atom. The van der Waals surface area contributed by atoms with Crippen molar-refractivity contribution in [2.45, 2.75) is 52.1 Å². The summed E-state index contributed by atoms with van der Waals surface area (Å²) >= 11 is 0. The fraction of sp³-hybridized carbons (Fsp3) is 0.102. The lowest BCUT2D eigenvalue weighted by atomic mass is 10.00. The first kappa shape index (κ1) is 93.0. The first-order chi connectivity index (χ1) is 64.4. The summed E-state index contributed by atoms with van der Waals surface area (Å²) in [5.74, 6) is -8.67. The highest BCUT2D eigenvalue weighted by Gasteiger charge is 2.49. The van der Waals surface area contributed by atoms with Gasteiger partial charge in [-0.05, 0) is 264 Å². The summed E-state index contributed by atoms with van der Waals surface area (Å²) in [7, 11) is 0. The number of halogens is 9. The molecule has 0 saturated carbocycles. The number of nitro groups is 3. The molecule has 684 valence electrons. The van der Waals surface area contributed by atoms with E-state index < -0.39 is 126 Å². The first-order valence-electron chi connectivity index (χ1n) is 40.6. The number of carbonyl (C=O) groups excluding carboxylic acids is 10. The maximum Gasteiger partial charge on any atom is 0.418 e. The van der Waals surface area contributed by atoms with Crippen molar-refractivity contribution in [1.82, 2.24) is 0 Å². The highest BCUT2D eigenvalue weighted by atomic mass is 19.4. The molecular formula is C98H66F9N11O18. The van der Waals surface area contributed by atoms with Gasteiger partial charge < -0.3 is 32.4 Å². The normalized spacial score (nSPS) is 14.0. The summed E-state index contributed by atoms with van der Waals surface area (Å²) in [6.45, 7) is 6.33. The number of anilines is 8. The van der Waals surface area contributed by atoms with Gasteiger partial charge in [0.2, 0.25) is 0 Å². The number of hydrogen-bond donors (Lipinski definition) is 4. The number of amides is 8. The van der Waals surface area contributed by atoms with E-state index in [-0.39, 0.29) is 101 Å². The third-order valence-electron chi connectivity index (χ3n) is 22.7. The average Bonchev–Trinajstić information content (AvgIpc) is 1.58.